The molecule has 0 aliphatic heterocycles. The number of hydrogen-bond donors (Lipinski definition) is 1. The largest absolute Gasteiger partial charge is 0.459 e. The Morgan fingerprint density at radius 2 is 2.22 bits per heavy atom. The van der Waals surface area contributed by atoms with Crippen molar-refractivity contribution in [3.8, 4) is 0 Å². The molecular weight excluding hydrogens is 290 g/mol. The van der Waals surface area contributed by atoms with Crippen LogP contribution < -0.4 is 5.32 Å². The van der Waals surface area contributed by atoms with E-state index in [0.29, 0.717) is 0 Å². The SMILES string of the molecule is CC(NCC1CC1C)c1cc2cc(Br)ccc2o1. The predicted molar refractivity (Wildman–Crippen MR) is 77.6 cm³/mol. The lowest BCUT2D eigenvalue weighted by Gasteiger charge is -2.10. The van der Waals surface area contributed by atoms with E-state index in [-0.39, 0.29) is 6.04 Å². The molecule has 3 rings (SSSR count). The Kier molecular flexibility index (Phi) is 3.20. The van der Waals surface area contributed by atoms with Gasteiger partial charge in [-0.2, -0.15) is 0 Å². The molecule has 3 heteroatoms. The molecule has 18 heavy (non-hydrogen) atoms. The predicted octanol–water partition coefficient (Wildman–Crippen LogP) is 4.50. The molecule has 0 spiro atoms. The van der Waals surface area contributed by atoms with E-state index in [1.807, 2.05) is 12.1 Å². The zero-order chi connectivity index (χ0) is 12.7. The van der Waals surface area contributed by atoms with Gasteiger partial charge in [-0.3, -0.25) is 0 Å². The van der Waals surface area contributed by atoms with Crippen molar-refractivity contribution < 1.29 is 4.42 Å². The van der Waals surface area contributed by atoms with Crippen molar-refractivity contribution in [3.63, 3.8) is 0 Å². The maximum absolute atomic E-state index is 5.88. The van der Waals surface area contributed by atoms with Gasteiger partial charge in [-0.15, -0.1) is 0 Å². The van der Waals surface area contributed by atoms with E-state index in [4.69, 9.17) is 4.42 Å². The molecule has 1 fully saturated rings. The maximum Gasteiger partial charge on any atom is 0.134 e. The molecule has 0 saturated heterocycles. The van der Waals surface area contributed by atoms with Gasteiger partial charge in [0, 0.05) is 9.86 Å². The average Bonchev–Trinajstić information content (AvgIpc) is 2.88. The van der Waals surface area contributed by atoms with Gasteiger partial charge in [-0.05, 0) is 56.0 Å². The zero-order valence-electron chi connectivity index (χ0n) is 10.7. The number of rotatable bonds is 4. The van der Waals surface area contributed by atoms with Crippen LogP contribution in [0.4, 0.5) is 0 Å². The summed E-state index contributed by atoms with van der Waals surface area (Å²) in [6.07, 6.45) is 1.37. The van der Waals surface area contributed by atoms with Crippen LogP contribution >= 0.6 is 15.9 Å². The Morgan fingerprint density at radius 1 is 1.44 bits per heavy atom. The maximum atomic E-state index is 5.88. The number of hydrogen-bond acceptors (Lipinski definition) is 2. The topological polar surface area (TPSA) is 25.2 Å². The second-order valence-electron chi connectivity index (χ2n) is 5.43. The van der Waals surface area contributed by atoms with Gasteiger partial charge >= 0.3 is 0 Å². The summed E-state index contributed by atoms with van der Waals surface area (Å²) in [6, 6.07) is 8.54. The van der Waals surface area contributed by atoms with Crippen LogP contribution in [-0.2, 0) is 0 Å². The standard InChI is InChI=1S/C15H18BrNO/c1-9-5-12(9)8-17-10(2)15-7-11-6-13(16)3-4-14(11)18-15/h3-4,6-7,9-10,12,17H,5,8H2,1-2H3. The first-order chi connectivity index (χ1) is 8.63. The second-order valence-corrected chi connectivity index (χ2v) is 6.35. The Labute approximate surface area is 116 Å². The van der Waals surface area contributed by atoms with Crippen molar-refractivity contribution in [1.29, 1.82) is 0 Å². The lowest BCUT2D eigenvalue weighted by molar-refractivity contribution is 0.441. The van der Waals surface area contributed by atoms with Gasteiger partial charge in [0.25, 0.3) is 0 Å². The van der Waals surface area contributed by atoms with Crippen LogP contribution in [0.15, 0.2) is 33.2 Å². The molecule has 1 aliphatic carbocycles. The molecule has 1 N–H and O–H groups in total. The van der Waals surface area contributed by atoms with Crippen LogP contribution in [0.5, 0.6) is 0 Å². The van der Waals surface area contributed by atoms with Gasteiger partial charge in [0.2, 0.25) is 0 Å². The highest BCUT2D eigenvalue weighted by Crippen LogP contribution is 2.37. The molecule has 2 aromatic rings. The van der Waals surface area contributed by atoms with Crippen LogP contribution in [0.1, 0.15) is 32.1 Å². The van der Waals surface area contributed by atoms with Crippen molar-refractivity contribution in [3.05, 3.63) is 34.5 Å². The molecule has 1 aromatic heterocycles. The molecule has 1 heterocycles. The van der Waals surface area contributed by atoms with Crippen LogP contribution in [0.25, 0.3) is 11.0 Å². The summed E-state index contributed by atoms with van der Waals surface area (Å²) in [7, 11) is 0. The molecule has 3 atom stereocenters. The Bertz CT molecular complexity index is 563. The van der Waals surface area contributed by atoms with E-state index in [1.54, 1.807) is 0 Å². The minimum Gasteiger partial charge on any atom is -0.459 e. The Balaban J connectivity index is 1.72. The van der Waals surface area contributed by atoms with Gasteiger partial charge in [0.05, 0.1) is 6.04 Å². The van der Waals surface area contributed by atoms with Crippen LogP contribution in [0, 0.1) is 11.8 Å². The van der Waals surface area contributed by atoms with E-state index < -0.39 is 0 Å². The van der Waals surface area contributed by atoms with Crippen LogP contribution in [0.3, 0.4) is 0 Å². The summed E-state index contributed by atoms with van der Waals surface area (Å²) in [5.74, 6) is 2.79. The second kappa shape index (κ2) is 4.71. The molecule has 0 radical (unpaired) electrons. The fourth-order valence-electron chi connectivity index (χ4n) is 2.36. The summed E-state index contributed by atoms with van der Waals surface area (Å²) in [4.78, 5) is 0. The highest BCUT2D eigenvalue weighted by atomic mass is 79.9. The summed E-state index contributed by atoms with van der Waals surface area (Å²) in [6.45, 7) is 5.58. The fourth-order valence-corrected chi connectivity index (χ4v) is 2.74. The van der Waals surface area contributed by atoms with E-state index in [2.05, 4.69) is 47.2 Å². The molecule has 3 unspecified atom stereocenters. The monoisotopic (exact) mass is 307 g/mol. The third kappa shape index (κ3) is 2.47. The highest BCUT2D eigenvalue weighted by molar-refractivity contribution is 9.10. The number of benzene rings is 1. The van der Waals surface area contributed by atoms with E-state index in [1.165, 1.54) is 6.42 Å². The summed E-state index contributed by atoms with van der Waals surface area (Å²) in [5, 5.41) is 4.72. The van der Waals surface area contributed by atoms with Crippen molar-refractivity contribution in [2.75, 3.05) is 6.54 Å². The molecule has 1 aliphatic rings. The van der Waals surface area contributed by atoms with Crippen molar-refractivity contribution in [2.24, 2.45) is 11.8 Å². The minimum absolute atomic E-state index is 0.281. The number of furan rings is 1. The Morgan fingerprint density at radius 3 is 2.94 bits per heavy atom. The highest BCUT2D eigenvalue weighted by Gasteiger charge is 2.32. The number of fused-ring (bicyclic) bond motifs is 1. The molecule has 1 aromatic carbocycles. The Hall–Kier alpha value is -0.800. The third-order valence-corrected chi connectivity index (χ3v) is 4.38. The first-order valence-corrected chi connectivity index (χ1v) is 7.35. The van der Waals surface area contributed by atoms with Gasteiger partial charge in [0.15, 0.2) is 0 Å². The summed E-state index contributed by atoms with van der Waals surface area (Å²) < 4.78 is 6.97. The van der Waals surface area contributed by atoms with Gasteiger partial charge < -0.3 is 9.73 Å². The van der Waals surface area contributed by atoms with E-state index in [0.717, 1.165) is 39.6 Å². The van der Waals surface area contributed by atoms with Gasteiger partial charge in [-0.25, -0.2) is 0 Å². The first-order valence-electron chi connectivity index (χ1n) is 6.56. The van der Waals surface area contributed by atoms with Crippen LogP contribution in [-0.4, -0.2) is 6.54 Å². The number of nitrogens with one attached hydrogen (secondary N) is 1. The average molecular weight is 308 g/mol. The minimum atomic E-state index is 0.281. The van der Waals surface area contributed by atoms with Crippen LogP contribution in [0.2, 0.25) is 0 Å². The fraction of sp³-hybridized carbons (Fsp3) is 0.467. The van der Waals surface area contributed by atoms with Crippen molar-refractivity contribution in [2.45, 2.75) is 26.3 Å². The third-order valence-electron chi connectivity index (χ3n) is 3.89. The lowest BCUT2D eigenvalue weighted by atomic mass is 10.2. The number of halogens is 1. The van der Waals surface area contributed by atoms with E-state index >= 15 is 0 Å². The molecule has 2 nitrogen and oxygen atoms in total. The normalized spacial score (nSPS) is 24.4. The summed E-state index contributed by atoms with van der Waals surface area (Å²) in [5.41, 5.74) is 0.960. The molecule has 96 valence electrons. The first kappa shape index (κ1) is 12.2. The lowest BCUT2D eigenvalue weighted by Crippen LogP contribution is -2.21. The van der Waals surface area contributed by atoms with Gasteiger partial charge in [-0.1, -0.05) is 22.9 Å². The van der Waals surface area contributed by atoms with Crippen molar-refractivity contribution >= 4 is 26.9 Å². The smallest absolute Gasteiger partial charge is 0.134 e. The summed E-state index contributed by atoms with van der Waals surface area (Å²) >= 11 is 3.49. The molecule has 1 saturated carbocycles. The molecule has 0 bridgehead atoms. The molecular formula is C15H18BrNO. The quantitative estimate of drug-likeness (QED) is 0.899. The zero-order valence-corrected chi connectivity index (χ0v) is 12.3. The van der Waals surface area contributed by atoms with E-state index in [9.17, 15) is 0 Å². The van der Waals surface area contributed by atoms with Crippen molar-refractivity contribution in [1.82, 2.24) is 5.32 Å². The molecule has 0 amide bonds. The van der Waals surface area contributed by atoms with Gasteiger partial charge in [0.1, 0.15) is 11.3 Å².